The molecule has 5 atom stereocenters. The molecule has 2 aliphatic heterocycles. The van der Waals surface area contributed by atoms with E-state index in [0.717, 1.165) is 50.6 Å². The number of methoxy groups -OCH3 is 1. The molecule has 2 aliphatic carbocycles. The van der Waals surface area contributed by atoms with Crippen LogP contribution in [0.4, 0.5) is 4.79 Å². The number of aliphatic carboxylic acids is 1. The van der Waals surface area contributed by atoms with Crippen LogP contribution >= 0.6 is 0 Å². The molecule has 3 fully saturated rings. The molecule has 1 unspecified atom stereocenters. The van der Waals surface area contributed by atoms with Gasteiger partial charge in [0.1, 0.15) is 41.3 Å². The highest BCUT2D eigenvalue weighted by Gasteiger charge is 2.61. The van der Waals surface area contributed by atoms with E-state index in [1.165, 1.54) is 4.90 Å². The van der Waals surface area contributed by atoms with Crippen molar-refractivity contribution in [2.24, 2.45) is 5.92 Å². The molecule has 4 heterocycles. The van der Waals surface area contributed by atoms with Gasteiger partial charge in [0.2, 0.25) is 11.8 Å². The van der Waals surface area contributed by atoms with Crippen LogP contribution in [0.5, 0.6) is 11.5 Å². The fraction of sp³-hybridized carbons (Fsp3) is 0.526. The van der Waals surface area contributed by atoms with Crippen molar-refractivity contribution in [3.63, 3.8) is 0 Å². The number of hydrogen-bond acceptors (Lipinski definition) is 9. The molecule has 1 aromatic carbocycles. The van der Waals surface area contributed by atoms with Gasteiger partial charge in [-0.25, -0.2) is 19.3 Å². The molecule has 0 radical (unpaired) electrons. The molecule has 7 rings (SSSR count). The van der Waals surface area contributed by atoms with Gasteiger partial charge in [-0.05, 0) is 76.5 Å². The third-order valence-corrected chi connectivity index (χ3v) is 10.7. The maximum atomic E-state index is 14.5. The van der Waals surface area contributed by atoms with E-state index in [1.807, 2.05) is 31.2 Å². The number of nitrogens with one attached hydrogen (secondary N) is 2. The summed E-state index contributed by atoms with van der Waals surface area (Å²) in [5, 5.41) is 21.1. The van der Waals surface area contributed by atoms with E-state index in [4.69, 9.17) is 19.2 Å². The van der Waals surface area contributed by atoms with Crippen LogP contribution in [0.1, 0.15) is 76.3 Å². The van der Waals surface area contributed by atoms with Crippen molar-refractivity contribution >= 4 is 34.8 Å². The second kappa shape index (κ2) is 14.8. The number of alkyl carbamates (subject to hydrolysis) is 1. The number of pyridine rings is 1. The molecule has 4 aliphatic rings. The first-order valence-electron chi connectivity index (χ1n) is 18.3. The highest BCUT2D eigenvalue weighted by Crippen LogP contribution is 2.45. The zero-order valence-electron chi connectivity index (χ0n) is 29.6. The monoisotopic (exact) mass is 714 g/mol. The van der Waals surface area contributed by atoms with Crippen molar-refractivity contribution in [3.05, 3.63) is 54.4 Å². The Labute approximate surface area is 301 Å². The molecule has 2 saturated carbocycles. The van der Waals surface area contributed by atoms with Gasteiger partial charge in [0.25, 0.3) is 0 Å². The Kier molecular flexibility index (Phi) is 10.1. The number of carbonyl (C=O) groups excluding carboxylic acids is 3. The van der Waals surface area contributed by atoms with Gasteiger partial charge in [0.05, 0.1) is 24.9 Å². The van der Waals surface area contributed by atoms with E-state index >= 15 is 0 Å². The molecule has 14 heteroatoms. The molecule has 3 N–H and O–H groups in total. The predicted molar refractivity (Wildman–Crippen MR) is 189 cm³/mol. The minimum Gasteiger partial charge on any atom is -0.497 e. The molecule has 3 aromatic rings. The fourth-order valence-corrected chi connectivity index (χ4v) is 7.71. The Morgan fingerprint density at radius 3 is 2.60 bits per heavy atom. The average molecular weight is 715 g/mol. The number of amides is 3. The number of benzene rings is 1. The van der Waals surface area contributed by atoms with E-state index in [2.05, 4.69) is 15.7 Å². The zero-order chi connectivity index (χ0) is 36.4. The van der Waals surface area contributed by atoms with Gasteiger partial charge in [0, 0.05) is 36.1 Å². The topological polar surface area (TPSA) is 174 Å². The largest absolute Gasteiger partial charge is 0.497 e. The zero-order valence-corrected chi connectivity index (χ0v) is 29.6. The van der Waals surface area contributed by atoms with Crippen LogP contribution < -0.4 is 20.1 Å². The summed E-state index contributed by atoms with van der Waals surface area (Å²) in [6.07, 6.45) is 11.5. The first-order chi connectivity index (χ1) is 25.1. The Bertz CT molecular complexity index is 1870. The number of allylic oxidation sites excluding steroid dienone is 1. The predicted octanol–water partition coefficient (Wildman–Crippen LogP) is 4.60. The quantitative estimate of drug-likeness (QED) is 0.294. The van der Waals surface area contributed by atoms with Crippen molar-refractivity contribution < 1.29 is 38.5 Å². The lowest BCUT2D eigenvalue weighted by Gasteiger charge is -2.29. The molecular formula is C38H46N6O8. The molecule has 52 heavy (non-hydrogen) atoms. The van der Waals surface area contributed by atoms with Gasteiger partial charge in [-0.15, -0.1) is 0 Å². The van der Waals surface area contributed by atoms with Crippen molar-refractivity contribution in [2.45, 2.75) is 107 Å². The minimum atomic E-state index is -1.44. The van der Waals surface area contributed by atoms with Crippen molar-refractivity contribution in [1.82, 2.24) is 30.3 Å². The van der Waals surface area contributed by atoms with Crippen LogP contribution in [-0.2, 0) is 19.1 Å². The molecule has 14 nitrogen and oxygen atoms in total. The summed E-state index contributed by atoms with van der Waals surface area (Å²) in [6, 6.07) is 7.09. The number of carboxylic acids is 1. The average Bonchev–Trinajstić information content (AvgIpc) is 3.54. The van der Waals surface area contributed by atoms with Crippen LogP contribution in [-0.4, -0.2) is 92.1 Å². The van der Waals surface area contributed by atoms with Gasteiger partial charge in [-0.3, -0.25) is 9.59 Å². The molecule has 2 aromatic heterocycles. The first-order valence-corrected chi connectivity index (χ1v) is 18.3. The van der Waals surface area contributed by atoms with Crippen LogP contribution in [0, 0.1) is 12.8 Å². The lowest BCUT2D eigenvalue weighted by atomic mass is 10.0. The Hall–Kier alpha value is -5.14. The number of ether oxygens (including phenoxy) is 3. The van der Waals surface area contributed by atoms with E-state index in [-0.39, 0.29) is 31.4 Å². The maximum Gasteiger partial charge on any atom is 0.408 e. The lowest BCUT2D eigenvalue weighted by molar-refractivity contribution is -0.145. The number of aromatic nitrogens is 3. The molecule has 0 spiro atoms. The summed E-state index contributed by atoms with van der Waals surface area (Å²) < 4.78 is 19.4. The fourth-order valence-electron chi connectivity index (χ4n) is 7.71. The summed E-state index contributed by atoms with van der Waals surface area (Å²) in [6.45, 7) is 1.91. The Morgan fingerprint density at radius 2 is 1.85 bits per heavy atom. The molecule has 0 bridgehead atoms. The second-order valence-electron chi connectivity index (χ2n) is 14.4. The van der Waals surface area contributed by atoms with E-state index < -0.39 is 47.6 Å². The molecular weight excluding hydrogens is 668 g/mol. The standard InChI is InChI=1S/C38H46N6O8/c1-23-16-17-44(42-23)33-20-32(28-15-14-26(50-2)18-30(28)39-33)51-27-19-31-34(45)41-38(36(47)48)21-24(38)10-6-4-3-5-7-13-29(35(46)43(31)22-27)40-37(49)52-25-11-8-9-12-25/h6,10,14-18,20,24-25,27,29,31H,3-5,7-9,11-13,19,21-22H2,1-2H3,(H,40,49)(H,41,45)(H,47,48)/b10-6-/t24-,27+,29-,31?,38+/m0/s1. The number of nitrogens with zero attached hydrogens (tertiary/aromatic N) is 4. The summed E-state index contributed by atoms with van der Waals surface area (Å²) in [5.41, 5.74) is -0.0352. The highest BCUT2D eigenvalue weighted by atomic mass is 16.6. The summed E-state index contributed by atoms with van der Waals surface area (Å²) >= 11 is 0. The number of rotatable bonds is 7. The van der Waals surface area contributed by atoms with Crippen LogP contribution in [0.2, 0.25) is 0 Å². The Morgan fingerprint density at radius 1 is 1.04 bits per heavy atom. The number of carbonyl (C=O) groups is 4. The van der Waals surface area contributed by atoms with Crippen LogP contribution in [0.3, 0.4) is 0 Å². The molecule has 276 valence electrons. The normalized spacial score (nSPS) is 27.5. The smallest absolute Gasteiger partial charge is 0.408 e. The maximum absolute atomic E-state index is 14.5. The highest BCUT2D eigenvalue weighted by molar-refractivity contribution is 5.96. The number of hydrogen-bond donors (Lipinski definition) is 3. The van der Waals surface area contributed by atoms with Gasteiger partial charge in [0.15, 0.2) is 5.82 Å². The van der Waals surface area contributed by atoms with E-state index in [0.29, 0.717) is 41.1 Å². The van der Waals surface area contributed by atoms with E-state index in [9.17, 15) is 24.3 Å². The van der Waals surface area contributed by atoms with Crippen molar-refractivity contribution in [3.8, 4) is 17.3 Å². The molecule has 3 amide bonds. The van der Waals surface area contributed by atoms with Gasteiger partial charge in [-0.1, -0.05) is 25.0 Å². The third kappa shape index (κ3) is 7.42. The first kappa shape index (κ1) is 35.3. The molecule has 1 saturated heterocycles. The van der Waals surface area contributed by atoms with Gasteiger partial charge < -0.3 is 34.9 Å². The van der Waals surface area contributed by atoms with Crippen LogP contribution in [0.25, 0.3) is 16.7 Å². The lowest BCUT2D eigenvalue weighted by Crippen LogP contribution is -2.56. The third-order valence-electron chi connectivity index (χ3n) is 10.7. The SMILES string of the molecule is COc1ccc2c(O[C@@H]3CC4C(=O)N[C@]5(C(=O)O)C[C@@H]5/C=C\CCCCC[C@H](NC(=O)OC5CCCC5)C(=O)N4C3)cc(-n3ccc(C)n3)nc2c1. The van der Waals surface area contributed by atoms with Crippen LogP contribution in [0.15, 0.2) is 48.7 Å². The van der Waals surface area contributed by atoms with Crippen molar-refractivity contribution in [2.75, 3.05) is 13.7 Å². The minimum absolute atomic E-state index is 0.0341. The van der Waals surface area contributed by atoms with E-state index in [1.54, 1.807) is 36.2 Å². The second-order valence-corrected chi connectivity index (χ2v) is 14.4. The number of carboxylic acid groups (broad SMARTS) is 1. The van der Waals surface area contributed by atoms with Crippen molar-refractivity contribution in [1.29, 1.82) is 0 Å². The summed E-state index contributed by atoms with van der Waals surface area (Å²) in [4.78, 5) is 60.4. The Balaban J connectivity index is 1.20. The number of aryl methyl sites for hydroxylation is 1. The van der Waals surface area contributed by atoms with Gasteiger partial charge >= 0.3 is 12.1 Å². The number of fused-ring (bicyclic) bond motifs is 3. The van der Waals surface area contributed by atoms with Gasteiger partial charge in [-0.2, -0.15) is 5.10 Å². The summed E-state index contributed by atoms with van der Waals surface area (Å²) in [7, 11) is 1.58. The summed E-state index contributed by atoms with van der Waals surface area (Å²) in [5.74, 6) is -0.876.